The summed E-state index contributed by atoms with van der Waals surface area (Å²) in [7, 11) is 0. The molecule has 0 heterocycles. The predicted molar refractivity (Wildman–Crippen MR) is 54.8 cm³/mol. The zero-order chi connectivity index (χ0) is 9.84. The van der Waals surface area contributed by atoms with Crippen molar-refractivity contribution in [1.29, 1.82) is 5.26 Å². The molecule has 2 nitrogen and oxygen atoms in total. The van der Waals surface area contributed by atoms with Crippen molar-refractivity contribution in [3.8, 4) is 6.07 Å². The van der Waals surface area contributed by atoms with E-state index in [1.54, 1.807) is 0 Å². The molecule has 1 N–H and O–H groups in total. The minimum Gasteiger partial charge on any atom is -0.384 e. The highest BCUT2D eigenvalue weighted by Crippen LogP contribution is 2.21. The average Bonchev–Trinajstić information content (AvgIpc) is 2.09. The van der Waals surface area contributed by atoms with Crippen LogP contribution in [0.2, 0.25) is 0 Å². The lowest BCUT2D eigenvalue weighted by molar-refractivity contribution is 1.19. The molecule has 0 aliphatic carbocycles. The van der Waals surface area contributed by atoms with Crippen LogP contribution in [0.1, 0.15) is 23.6 Å². The molecule has 0 unspecified atom stereocenters. The quantitative estimate of drug-likeness (QED) is 0.748. The van der Waals surface area contributed by atoms with E-state index >= 15 is 0 Å². The van der Waals surface area contributed by atoms with E-state index in [1.807, 2.05) is 26.8 Å². The molecular formula is C11H14N2. The van der Waals surface area contributed by atoms with E-state index in [-0.39, 0.29) is 0 Å². The topological polar surface area (TPSA) is 35.8 Å². The first-order valence-electron chi connectivity index (χ1n) is 4.44. The van der Waals surface area contributed by atoms with Crippen molar-refractivity contribution in [2.24, 2.45) is 0 Å². The first kappa shape index (κ1) is 9.60. The number of aryl methyl sites for hydroxylation is 2. The van der Waals surface area contributed by atoms with Gasteiger partial charge in [-0.25, -0.2) is 0 Å². The summed E-state index contributed by atoms with van der Waals surface area (Å²) in [6.45, 7) is 6.90. The van der Waals surface area contributed by atoms with Gasteiger partial charge in [-0.05, 0) is 38.0 Å². The Balaban J connectivity index is 3.23. The van der Waals surface area contributed by atoms with Gasteiger partial charge in [0.15, 0.2) is 0 Å². The lowest BCUT2D eigenvalue weighted by Crippen LogP contribution is -2.01. The Morgan fingerprint density at radius 1 is 1.38 bits per heavy atom. The van der Waals surface area contributed by atoms with E-state index < -0.39 is 0 Å². The van der Waals surface area contributed by atoms with Gasteiger partial charge in [-0.2, -0.15) is 5.26 Å². The Labute approximate surface area is 79.2 Å². The van der Waals surface area contributed by atoms with Gasteiger partial charge in [-0.3, -0.25) is 0 Å². The molecule has 1 rings (SSSR count). The Kier molecular flexibility index (Phi) is 2.92. The zero-order valence-electron chi connectivity index (χ0n) is 8.31. The number of benzene rings is 1. The van der Waals surface area contributed by atoms with Crippen LogP contribution >= 0.6 is 0 Å². The standard InChI is InChI=1S/C11H14N2/c1-4-13-11-9(3)5-8(2)6-10(11)7-12/h5-6,13H,4H2,1-3H3. The van der Waals surface area contributed by atoms with E-state index in [0.717, 1.165) is 28.9 Å². The number of nitrogens with one attached hydrogen (secondary N) is 1. The minimum atomic E-state index is 0.736. The summed E-state index contributed by atoms with van der Waals surface area (Å²) in [5, 5.41) is 12.1. The van der Waals surface area contributed by atoms with Crippen molar-refractivity contribution in [1.82, 2.24) is 0 Å². The van der Waals surface area contributed by atoms with Crippen LogP contribution in [-0.4, -0.2) is 6.54 Å². The van der Waals surface area contributed by atoms with Gasteiger partial charge in [-0.1, -0.05) is 6.07 Å². The largest absolute Gasteiger partial charge is 0.384 e. The molecule has 0 aliphatic rings. The maximum atomic E-state index is 8.90. The van der Waals surface area contributed by atoms with Crippen LogP contribution in [0.3, 0.4) is 0 Å². The lowest BCUT2D eigenvalue weighted by atomic mass is 10.0. The van der Waals surface area contributed by atoms with Gasteiger partial charge in [0.25, 0.3) is 0 Å². The number of anilines is 1. The molecule has 1 aromatic rings. The van der Waals surface area contributed by atoms with Crippen molar-refractivity contribution in [2.75, 3.05) is 11.9 Å². The van der Waals surface area contributed by atoms with Crippen LogP contribution in [0.5, 0.6) is 0 Å². The second-order valence-electron chi connectivity index (χ2n) is 3.15. The van der Waals surface area contributed by atoms with Crippen LogP contribution in [0.25, 0.3) is 0 Å². The third-order valence-corrected chi connectivity index (χ3v) is 1.95. The van der Waals surface area contributed by atoms with Crippen LogP contribution in [-0.2, 0) is 0 Å². The summed E-state index contributed by atoms with van der Waals surface area (Å²) < 4.78 is 0. The van der Waals surface area contributed by atoms with Gasteiger partial charge in [0.2, 0.25) is 0 Å². The summed E-state index contributed by atoms with van der Waals surface area (Å²) in [4.78, 5) is 0. The van der Waals surface area contributed by atoms with E-state index in [1.165, 1.54) is 0 Å². The van der Waals surface area contributed by atoms with Crippen LogP contribution in [0, 0.1) is 25.2 Å². The number of hydrogen-bond acceptors (Lipinski definition) is 2. The summed E-state index contributed by atoms with van der Waals surface area (Å²) in [6.07, 6.45) is 0. The maximum absolute atomic E-state index is 8.90. The van der Waals surface area contributed by atoms with Gasteiger partial charge in [0.05, 0.1) is 11.3 Å². The van der Waals surface area contributed by atoms with Crippen LogP contribution in [0.15, 0.2) is 12.1 Å². The number of nitrogens with zero attached hydrogens (tertiary/aromatic N) is 1. The van der Waals surface area contributed by atoms with Gasteiger partial charge >= 0.3 is 0 Å². The lowest BCUT2D eigenvalue weighted by Gasteiger charge is -2.10. The molecule has 68 valence electrons. The Morgan fingerprint density at radius 3 is 2.62 bits per heavy atom. The zero-order valence-corrected chi connectivity index (χ0v) is 8.31. The third-order valence-electron chi connectivity index (χ3n) is 1.95. The minimum absolute atomic E-state index is 0.736. The third kappa shape index (κ3) is 2.00. The van der Waals surface area contributed by atoms with Crippen LogP contribution < -0.4 is 5.32 Å². The van der Waals surface area contributed by atoms with E-state index in [4.69, 9.17) is 5.26 Å². The first-order valence-corrected chi connectivity index (χ1v) is 4.44. The molecule has 0 spiro atoms. The van der Waals surface area contributed by atoms with Gasteiger partial charge in [-0.15, -0.1) is 0 Å². The van der Waals surface area contributed by atoms with Crippen molar-refractivity contribution in [3.63, 3.8) is 0 Å². The summed E-state index contributed by atoms with van der Waals surface area (Å²) in [5.41, 5.74) is 3.98. The fraction of sp³-hybridized carbons (Fsp3) is 0.364. The molecule has 2 heteroatoms. The van der Waals surface area contributed by atoms with Crippen molar-refractivity contribution in [2.45, 2.75) is 20.8 Å². The molecule has 0 saturated carbocycles. The summed E-state index contributed by atoms with van der Waals surface area (Å²) >= 11 is 0. The van der Waals surface area contributed by atoms with Gasteiger partial charge in [0.1, 0.15) is 6.07 Å². The normalized spacial score (nSPS) is 9.38. The SMILES string of the molecule is CCNc1c(C)cc(C)cc1C#N. The average molecular weight is 174 g/mol. The molecule has 0 aliphatic heterocycles. The monoisotopic (exact) mass is 174 g/mol. The second kappa shape index (κ2) is 3.95. The molecule has 0 saturated heterocycles. The highest BCUT2D eigenvalue weighted by atomic mass is 14.9. The van der Waals surface area contributed by atoms with E-state index in [9.17, 15) is 0 Å². The molecule has 1 aromatic carbocycles. The predicted octanol–water partition coefficient (Wildman–Crippen LogP) is 2.61. The molecule has 0 bridgehead atoms. The van der Waals surface area contributed by atoms with Crippen molar-refractivity contribution in [3.05, 3.63) is 28.8 Å². The van der Waals surface area contributed by atoms with Crippen molar-refractivity contribution < 1.29 is 0 Å². The fourth-order valence-electron chi connectivity index (χ4n) is 1.47. The molecule has 0 fully saturated rings. The highest BCUT2D eigenvalue weighted by molar-refractivity contribution is 5.63. The second-order valence-corrected chi connectivity index (χ2v) is 3.15. The Morgan fingerprint density at radius 2 is 2.08 bits per heavy atom. The van der Waals surface area contributed by atoms with E-state index in [0.29, 0.717) is 0 Å². The first-order chi connectivity index (χ1) is 6.19. The number of hydrogen-bond donors (Lipinski definition) is 1. The van der Waals surface area contributed by atoms with Gasteiger partial charge < -0.3 is 5.32 Å². The maximum Gasteiger partial charge on any atom is 0.101 e. The summed E-state index contributed by atoms with van der Waals surface area (Å²) in [5.74, 6) is 0. The van der Waals surface area contributed by atoms with Gasteiger partial charge in [0, 0.05) is 6.54 Å². The fourth-order valence-corrected chi connectivity index (χ4v) is 1.47. The highest BCUT2D eigenvalue weighted by Gasteiger charge is 2.04. The molecule has 13 heavy (non-hydrogen) atoms. The smallest absolute Gasteiger partial charge is 0.101 e. The van der Waals surface area contributed by atoms with Crippen molar-refractivity contribution >= 4 is 5.69 Å². The number of nitriles is 1. The summed E-state index contributed by atoms with van der Waals surface area (Å²) in [6, 6.07) is 6.19. The van der Waals surface area contributed by atoms with E-state index in [2.05, 4.69) is 17.5 Å². The molecule has 0 aromatic heterocycles. The Bertz CT molecular complexity index is 348. The molecular weight excluding hydrogens is 160 g/mol. The molecule has 0 radical (unpaired) electrons. The Hall–Kier alpha value is -1.49. The molecule has 0 amide bonds. The number of rotatable bonds is 2. The molecule has 0 atom stereocenters. The van der Waals surface area contributed by atoms with Crippen LogP contribution in [0.4, 0.5) is 5.69 Å².